The van der Waals surface area contributed by atoms with E-state index in [1.165, 1.54) is 24.3 Å². The molecule has 18 heavy (non-hydrogen) atoms. The van der Waals surface area contributed by atoms with Crippen LogP contribution in [0.15, 0.2) is 23.6 Å². The molecule has 0 bridgehead atoms. The zero-order valence-electron chi connectivity index (χ0n) is 9.26. The smallest absolute Gasteiger partial charge is 0.256 e. The summed E-state index contributed by atoms with van der Waals surface area (Å²) in [6.45, 7) is 1.51. The van der Waals surface area contributed by atoms with Crippen LogP contribution < -0.4 is 5.32 Å². The summed E-state index contributed by atoms with van der Waals surface area (Å²) < 4.78 is 28.1. The van der Waals surface area contributed by atoms with E-state index in [0.717, 1.165) is 8.95 Å². The first kappa shape index (κ1) is 13.4. The van der Waals surface area contributed by atoms with E-state index in [0.29, 0.717) is 5.56 Å². The molecule has 1 amide bonds. The first-order chi connectivity index (χ1) is 8.49. The summed E-state index contributed by atoms with van der Waals surface area (Å²) >= 11 is 3.47. The summed E-state index contributed by atoms with van der Waals surface area (Å²) in [6.07, 6.45) is 0. The van der Waals surface area contributed by atoms with Crippen molar-refractivity contribution in [1.82, 2.24) is 0 Å². The van der Waals surface area contributed by atoms with E-state index in [9.17, 15) is 13.6 Å². The normalized spacial score (nSPS) is 10.4. The number of hydrogen-bond acceptors (Lipinski definition) is 2. The summed E-state index contributed by atoms with van der Waals surface area (Å²) in [7, 11) is 0. The van der Waals surface area contributed by atoms with Gasteiger partial charge in [-0.25, -0.2) is 8.78 Å². The molecule has 1 N–H and O–H groups in total. The molecule has 0 unspecified atom stereocenters. The van der Waals surface area contributed by atoms with Crippen LogP contribution in [0.4, 0.5) is 14.5 Å². The van der Waals surface area contributed by atoms with Gasteiger partial charge < -0.3 is 5.32 Å². The van der Waals surface area contributed by atoms with E-state index in [2.05, 4.69) is 27.9 Å². The topological polar surface area (TPSA) is 29.1 Å². The lowest BCUT2D eigenvalue weighted by Crippen LogP contribution is -2.14. The lowest BCUT2D eigenvalue weighted by molar-refractivity contribution is 0.102. The number of amides is 1. The van der Waals surface area contributed by atoms with Crippen LogP contribution in [0, 0.1) is 21.4 Å². The molecular formula is C12H8F2INOS. The Morgan fingerprint density at radius 2 is 2.11 bits per heavy atom. The quantitative estimate of drug-likeness (QED) is 0.779. The minimum Gasteiger partial charge on any atom is -0.317 e. The van der Waals surface area contributed by atoms with Crippen LogP contribution in [0.25, 0.3) is 0 Å². The van der Waals surface area contributed by atoms with Crippen molar-refractivity contribution in [2.75, 3.05) is 5.32 Å². The number of halogens is 3. The number of carbonyl (C=O) groups is 1. The van der Waals surface area contributed by atoms with Gasteiger partial charge in [-0.3, -0.25) is 4.79 Å². The molecule has 0 atom stereocenters. The molecule has 0 aliphatic carbocycles. The number of aryl methyl sites for hydroxylation is 1. The Balaban J connectivity index is 2.30. The third kappa shape index (κ3) is 2.69. The van der Waals surface area contributed by atoms with Crippen molar-refractivity contribution in [2.24, 2.45) is 0 Å². The Morgan fingerprint density at radius 3 is 2.72 bits per heavy atom. The zero-order chi connectivity index (χ0) is 13.3. The summed E-state index contributed by atoms with van der Waals surface area (Å²) in [5.41, 5.74) is 0.275. The Kier molecular flexibility index (Phi) is 3.96. The number of benzene rings is 1. The van der Waals surface area contributed by atoms with Crippen molar-refractivity contribution in [3.05, 3.63) is 49.2 Å². The number of thiophene rings is 1. The zero-order valence-corrected chi connectivity index (χ0v) is 12.2. The van der Waals surface area contributed by atoms with Crippen molar-refractivity contribution in [3.63, 3.8) is 0 Å². The Hall–Kier alpha value is -1.02. The number of hydrogen-bond donors (Lipinski definition) is 1. The van der Waals surface area contributed by atoms with Crippen LogP contribution in [-0.4, -0.2) is 5.91 Å². The van der Waals surface area contributed by atoms with Gasteiger partial charge in [0.2, 0.25) is 0 Å². The monoisotopic (exact) mass is 379 g/mol. The van der Waals surface area contributed by atoms with Gasteiger partial charge >= 0.3 is 0 Å². The summed E-state index contributed by atoms with van der Waals surface area (Å²) in [5.74, 6) is -2.04. The van der Waals surface area contributed by atoms with Crippen LogP contribution in [-0.2, 0) is 0 Å². The first-order valence-electron chi connectivity index (χ1n) is 4.99. The highest BCUT2D eigenvalue weighted by molar-refractivity contribution is 14.1. The van der Waals surface area contributed by atoms with E-state index >= 15 is 0 Å². The summed E-state index contributed by atoms with van der Waals surface area (Å²) in [5, 5.41) is 3.90. The van der Waals surface area contributed by atoms with Crippen molar-refractivity contribution < 1.29 is 13.6 Å². The predicted octanol–water partition coefficient (Wildman–Crippen LogP) is 4.19. The Bertz CT molecular complexity index is 612. The highest BCUT2D eigenvalue weighted by Gasteiger charge is 2.16. The Morgan fingerprint density at radius 1 is 1.39 bits per heavy atom. The van der Waals surface area contributed by atoms with Gasteiger partial charge in [0.05, 0.1) is 8.45 Å². The van der Waals surface area contributed by atoms with Crippen molar-refractivity contribution >= 4 is 45.5 Å². The molecule has 0 spiro atoms. The van der Waals surface area contributed by atoms with E-state index in [1.807, 2.05) is 0 Å². The standard InChI is InChI=1S/C12H8F2INOS/c1-6-2-3-8(13)11(10(6)14)16-12(17)7-4-9(15)18-5-7/h2-5H,1H3,(H,16,17). The number of rotatable bonds is 2. The molecule has 1 aromatic carbocycles. The first-order valence-corrected chi connectivity index (χ1v) is 6.95. The third-order valence-corrected chi connectivity index (χ3v) is 4.14. The SMILES string of the molecule is Cc1ccc(F)c(NC(=O)c2csc(I)c2)c1F. The highest BCUT2D eigenvalue weighted by Crippen LogP contribution is 2.23. The van der Waals surface area contributed by atoms with Crippen LogP contribution in [0.1, 0.15) is 15.9 Å². The lowest BCUT2D eigenvalue weighted by Gasteiger charge is -2.08. The van der Waals surface area contributed by atoms with Gasteiger partial charge in [-0.1, -0.05) is 6.07 Å². The van der Waals surface area contributed by atoms with Gasteiger partial charge in [0.15, 0.2) is 5.82 Å². The number of anilines is 1. The molecule has 2 aromatic rings. The molecule has 94 valence electrons. The van der Waals surface area contributed by atoms with Gasteiger partial charge in [-0.05, 0) is 47.2 Å². The molecule has 0 saturated carbocycles. The maximum atomic E-state index is 13.7. The average molecular weight is 379 g/mol. The molecule has 0 radical (unpaired) electrons. The molecule has 0 saturated heterocycles. The van der Waals surface area contributed by atoms with Crippen molar-refractivity contribution in [1.29, 1.82) is 0 Å². The molecular weight excluding hydrogens is 371 g/mol. The molecule has 1 heterocycles. The van der Waals surface area contributed by atoms with Gasteiger partial charge in [-0.2, -0.15) is 0 Å². The second kappa shape index (κ2) is 5.31. The van der Waals surface area contributed by atoms with E-state index < -0.39 is 23.2 Å². The predicted molar refractivity (Wildman–Crippen MR) is 76.1 cm³/mol. The van der Waals surface area contributed by atoms with Crippen LogP contribution in [0.5, 0.6) is 0 Å². The van der Waals surface area contributed by atoms with Gasteiger partial charge in [-0.15, -0.1) is 11.3 Å². The molecule has 2 nitrogen and oxygen atoms in total. The van der Waals surface area contributed by atoms with E-state index in [-0.39, 0.29) is 5.56 Å². The highest BCUT2D eigenvalue weighted by atomic mass is 127. The second-order valence-electron chi connectivity index (χ2n) is 3.65. The van der Waals surface area contributed by atoms with Gasteiger partial charge in [0.25, 0.3) is 5.91 Å². The molecule has 0 aliphatic heterocycles. The molecule has 0 fully saturated rings. The molecule has 2 rings (SSSR count). The van der Waals surface area contributed by atoms with Crippen molar-refractivity contribution in [3.8, 4) is 0 Å². The number of carbonyl (C=O) groups excluding carboxylic acids is 1. The third-order valence-electron chi connectivity index (χ3n) is 2.35. The maximum Gasteiger partial charge on any atom is 0.256 e. The number of nitrogens with one attached hydrogen (secondary N) is 1. The molecule has 1 aromatic heterocycles. The fourth-order valence-corrected chi connectivity index (χ4v) is 2.71. The maximum absolute atomic E-state index is 13.7. The largest absolute Gasteiger partial charge is 0.317 e. The minimum absolute atomic E-state index is 0.284. The average Bonchev–Trinajstić information content (AvgIpc) is 2.76. The van der Waals surface area contributed by atoms with Crippen LogP contribution in [0.3, 0.4) is 0 Å². The fourth-order valence-electron chi connectivity index (χ4n) is 1.39. The van der Waals surface area contributed by atoms with E-state index in [4.69, 9.17) is 0 Å². The Labute approximate surface area is 120 Å². The van der Waals surface area contributed by atoms with Crippen LogP contribution in [0.2, 0.25) is 0 Å². The summed E-state index contributed by atoms with van der Waals surface area (Å²) in [6, 6.07) is 4.12. The van der Waals surface area contributed by atoms with Crippen molar-refractivity contribution in [2.45, 2.75) is 6.92 Å². The van der Waals surface area contributed by atoms with Gasteiger partial charge in [0, 0.05) is 5.38 Å². The summed E-state index contributed by atoms with van der Waals surface area (Å²) in [4.78, 5) is 11.8. The van der Waals surface area contributed by atoms with Crippen LogP contribution >= 0.6 is 33.9 Å². The molecule has 0 aliphatic rings. The lowest BCUT2D eigenvalue weighted by atomic mass is 10.2. The van der Waals surface area contributed by atoms with E-state index in [1.54, 1.807) is 11.4 Å². The minimum atomic E-state index is -0.781. The fraction of sp³-hybridized carbons (Fsp3) is 0.0833. The molecule has 6 heteroatoms. The van der Waals surface area contributed by atoms with Gasteiger partial charge in [0.1, 0.15) is 11.5 Å². The second-order valence-corrected chi connectivity index (χ2v) is 6.45.